The third kappa shape index (κ3) is 1.40. The minimum atomic E-state index is -4.37. The maximum Gasteiger partial charge on any atom is 0.374 e. The minimum absolute atomic E-state index is 0.315. The van der Waals surface area contributed by atoms with Crippen LogP contribution in [0.4, 0.5) is 3.89 Å². The van der Waals surface area contributed by atoms with Gasteiger partial charge in [-0.2, -0.15) is 12.7 Å². The Balaban J connectivity index is 2.51. The molecule has 3 nitrogen and oxygen atoms in total. The molecule has 0 unspecified atom stereocenters. The molecule has 0 aromatic carbocycles. The van der Waals surface area contributed by atoms with Crippen LogP contribution in [-0.4, -0.2) is 25.8 Å². The zero-order chi connectivity index (χ0) is 7.07. The molecule has 1 heterocycles. The molecule has 0 saturated carbocycles. The van der Waals surface area contributed by atoms with E-state index < -0.39 is 10.4 Å². The summed E-state index contributed by atoms with van der Waals surface area (Å²) in [5, 5.41) is 0. The highest BCUT2D eigenvalue weighted by molar-refractivity contribution is 7.84. The molecule has 0 aliphatic carbocycles. The van der Waals surface area contributed by atoms with Crippen molar-refractivity contribution in [2.75, 3.05) is 13.1 Å². The summed E-state index contributed by atoms with van der Waals surface area (Å²) in [6.45, 7) is 2.54. The molecular formula is C4H8FNO2S. The summed E-state index contributed by atoms with van der Waals surface area (Å²) in [5.41, 5.74) is 0. The van der Waals surface area contributed by atoms with E-state index in [0.717, 1.165) is 4.31 Å². The summed E-state index contributed by atoms with van der Waals surface area (Å²) in [7, 11) is -4.37. The molecule has 0 spiro atoms. The minimum Gasteiger partial charge on any atom is -0.177 e. The van der Waals surface area contributed by atoms with E-state index in [1.54, 1.807) is 0 Å². The summed E-state index contributed by atoms with van der Waals surface area (Å²) in [4.78, 5) is 0. The third-order valence-corrected chi connectivity index (χ3v) is 2.25. The second-order valence-electron chi connectivity index (χ2n) is 2.36. The van der Waals surface area contributed by atoms with Crippen molar-refractivity contribution in [2.24, 2.45) is 5.92 Å². The molecule has 54 valence electrons. The van der Waals surface area contributed by atoms with E-state index in [2.05, 4.69) is 0 Å². The predicted molar refractivity (Wildman–Crippen MR) is 30.8 cm³/mol. The van der Waals surface area contributed by atoms with Gasteiger partial charge in [-0.3, -0.25) is 0 Å². The standard InChI is InChI=1S/C4H8FNO2S/c1-4-2-6(3-4)9(5,7)8/h4H,2-3H2,1H3. The monoisotopic (exact) mass is 153 g/mol. The van der Waals surface area contributed by atoms with Gasteiger partial charge in [-0.25, -0.2) is 0 Å². The molecule has 1 aliphatic heterocycles. The summed E-state index contributed by atoms with van der Waals surface area (Å²) in [6.07, 6.45) is 0. The third-order valence-electron chi connectivity index (χ3n) is 1.34. The van der Waals surface area contributed by atoms with E-state index in [0.29, 0.717) is 19.0 Å². The molecule has 0 radical (unpaired) electrons. The first-order valence-corrected chi connectivity index (χ1v) is 4.04. The number of halogens is 1. The summed E-state index contributed by atoms with van der Waals surface area (Å²) in [5.74, 6) is 0.315. The highest BCUT2D eigenvalue weighted by Crippen LogP contribution is 2.18. The lowest BCUT2D eigenvalue weighted by Gasteiger charge is -2.32. The fraction of sp³-hybridized carbons (Fsp3) is 1.00. The van der Waals surface area contributed by atoms with Crippen LogP contribution in [0.2, 0.25) is 0 Å². The smallest absolute Gasteiger partial charge is 0.177 e. The van der Waals surface area contributed by atoms with Gasteiger partial charge in [0.1, 0.15) is 0 Å². The first kappa shape index (κ1) is 6.95. The van der Waals surface area contributed by atoms with Crippen molar-refractivity contribution in [1.29, 1.82) is 0 Å². The molecule has 0 aromatic rings. The van der Waals surface area contributed by atoms with Crippen LogP contribution in [0.3, 0.4) is 0 Å². The highest BCUT2D eigenvalue weighted by atomic mass is 32.3. The van der Waals surface area contributed by atoms with Gasteiger partial charge >= 0.3 is 10.4 Å². The lowest BCUT2D eigenvalue weighted by molar-refractivity contribution is 0.208. The fourth-order valence-corrected chi connectivity index (χ4v) is 1.68. The van der Waals surface area contributed by atoms with Crippen molar-refractivity contribution in [3.8, 4) is 0 Å². The average molecular weight is 153 g/mol. The largest absolute Gasteiger partial charge is 0.374 e. The van der Waals surface area contributed by atoms with Gasteiger partial charge in [0.25, 0.3) is 0 Å². The number of hydrogen-bond acceptors (Lipinski definition) is 2. The van der Waals surface area contributed by atoms with Gasteiger partial charge in [0, 0.05) is 13.1 Å². The predicted octanol–water partition coefficient (Wildman–Crippen LogP) is 0.152. The Morgan fingerprint density at radius 3 is 2.11 bits per heavy atom. The molecule has 1 saturated heterocycles. The lowest BCUT2D eigenvalue weighted by Crippen LogP contribution is -2.46. The van der Waals surface area contributed by atoms with Crippen LogP contribution < -0.4 is 0 Å². The maximum atomic E-state index is 11.9. The zero-order valence-corrected chi connectivity index (χ0v) is 5.86. The topological polar surface area (TPSA) is 37.4 Å². The lowest BCUT2D eigenvalue weighted by atomic mass is 10.1. The molecular weight excluding hydrogens is 145 g/mol. The first-order valence-electron chi connectivity index (χ1n) is 2.70. The van der Waals surface area contributed by atoms with Gasteiger partial charge in [-0.15, -0.1) is 0 Å². The van der Waals surface area contributed by atoms with E-state index in [1.165, 1.54) is 0 Å². The average Bonchev–Trinajstić information content (AvgIpc) is 1.55. The van der Waals surface area contributed by atoms with E-state index >= 15 is 0 Å². The first-order chi connectivity index (χ1) is 4.00. The van der Waals surface area contributed by atoms with Crippen LogP contribution in [0.25, 0.3) is 0 Å². The molecule has 0 bridgehead atoms. The van der Waals surface area contributed by atoms with Gasteiger partial charge in [-0.1, -0.05) is 10.8 Å². The van der Waals surface area contributed by atoms with E-state index in [1.807, 2.05) is 6.92 Å². The maximum absolute atomic E-state index is 11.9. The van der Waals surface area contributed by atoms with E-state index in [4.69, 9.17) is 0 Å². The Morgan fingerprint density at radius 2 is 2.00 bits per heavy atom. The van der Waals surface area contributed by atoms with Crippen LogP contribution in [0, 0.1) is 5.92 Å². The molecule has 1 rings (SSSR count). The second-order valence-corrected chi connectivity index (χ2v) is 3.70. The van der Waals surface area contributed by atoms with Gasteiger partial charge in [0.15, 0.2) is 0 Å². The van der Waals surface area contributed by atoms with Crippen LogP contribution in [0.15, 0.2) is 0 Å². The van der Waals surface area contributed by atoms with Gasteiger partial charge in [0.2, 0.25) is 0 Å². The Kier molecular flexibility index (Phi) is 1.48. The Labute approximate surface area is 53.8 Å². The summed E-state index contributed by atoms with van der Waals surface area (Å²) < 4.78 is 32.8. The number of nitrogens with zero attached hydrogens (tertiary/aromatic N) is 1. The zero-order valence-electron chi connectivity index (χ0n) is 5.04. The Bertz CT molecular complexity index is 195. The fourth-order valence-electron chi connectivity index (χ4n) is 0.820. The van der Waals surface area contributed by atoms with Crippen molar-refractivity contribution >= 4 is 10.4 Å². The van der Waals surface area contributed by atoms with Gasteiger partial charge in [0.05, 0.1) is 0 Å². The van der Waals surface area contributed by atoms with Crippen molar-refractivity contribution in [2.45, 2.75) is 6.92 Å². The molecule has 0 amide bonds. The summed E-state index contributed by atoms with van der Waals surface area (Å²) in [6, 6.07) is 0. The molecule has 0 N–H and O–H groups in total. The Morgan fingerprint density at radius 1 is 1.56 bits per heavy atom. The number of hydrogen-bond donors (Lipinski definition) is 0. The van der Waals surface area contributed by atoms with Gasteiger partial charge < -0.3 is 0 Å². The summed E-state index contributed by atoms with van der Waals surface area (Å²) >= 11 is 0. The van der Waals surface area contributed by atoms with Crippen LogP contribution >= 0.6 is 0 Å². The Hall–Kier alpha value is -0.160. The van der Waals surface area contributed by atoms with E-state index in [-0.39, 0.29) is 0 Å². The molecule has 0 atom stereocenters. The quantitative estimate of drug-likeness (QED) is 0.503. The molecule has 0 aromatic heterocycles. The second kappa shape index (κ2) is 1.91. The molecule has 1 fully saturated rings. The highest BCUT2D eigenvalue weighted by Gasteiger charge is 2.32. The molecule has 1 aliphatic rings. The normalized spacial score (nSPS) is 23.8. The van der Waals surface area contributed by atoms with Gasteiger partial charge in [-0.05, 0) is 5.92 Å². The molecule has 9 heavy (non-hydrogen) atoms. The van der Waals surface area contributed by atoms with Crippen molar-refractivity contribution in [3.63, 3.8) is 0 Å². The van der Waals surface area contributed by atoms with Crippen LogP contribution in [0.5, 0.6) is 0 Å². The molecule has 5 heteroatoms. The van der Waals surface area contributed by atoms with Crippen molar-refractivity contribution in [1.82, 2.24) is 4.31 Å². The van der Waals surface area contributed by atoms with Crippen LogP contribution in [0.1, 0.15) is 6.92 Å². The van der Waals surface area contributed by atoms with E-state index in [9.17, 15) is 12.3 Å². The van der Waals surface area contributed by atoms with Crippen LogP contribution in [-0.2, 0) is 10.4 Å². The SMILES string of the molecule is CC1CN(S(=O)(=O)F)C1. The number of rotatable bonds is 1. The van der Waals surface area contributed by atoms with Crippen molar-refractivity contribution in [3.05, 3.63) is 0 Å². The van der Waals surface area contributed by atoms with Crippen molar-refractivity contribution < 1.29 is 12.3 Å².